The van der Waals surface area contributed by atoms with Gasteiger partial charge in [0, 0.05) is 57.0 Å². The molecule has 8 nitrogen and oxygen atoms in total. The molecule has 2 aromatic heterocycles. The van der Waals surface area contributed by atoms with Gasteiger partial charge in [-0.15, -0.1) is 0 Å². The summed E-state index contributed by atoms with van der Waals surface area (Å²) >= 11 is 0. The smallest absolute Gasteiger partial charge is 0.387 e. The molecule has 2 aliphatic heterocycles. The lowest BCUT2D eigenvalue weighted by atomic mass is 10.1. The number of alkyl halides is 2. The second-order valence-corrected chi connectivity index (χ2v) is 8.49. The lowest BCUT2D eigenvalue weighted by Crippen LogP contribution is -2.38. The summed E-state index contributed by atoms with van der Waals surface area (Å²) in [6.07, 6.45) is 3.44. The molecule has 0 amide bonds. The molecule has 0 spiro atoms. The maximum Gasteiger partial charge on any atom is 0.387 e. The molecule has 5 rings (SSSR count). The average Bonchev–Trinajstić information content (AvgIpc) is 3.21. The van der Waals surface area contributed by atoms with Gasteiger partial charge in [0.2, 0.25) is 5.95 Å². The number of ether oxygens (including phenoxy) is 1. The third-order valence-corrected chi connectivity index (χ3v) is 6.51. The zero-order valence-corrected chi connectivity index (χ0v) is 17.1. The van der Waals surface area contributed by atoms with E-state index in [4.69, 9.17) is 15.8 Å². The number of pyridine rings is 1. The van der Waals surface area contributed by atoms with Gasteiger partial charge >= 0.3 is 6.61 Å². The molecule has 0 bridgehead atoms. The number of aromatic nitrogens is 3. The van der Waals surface area contributed by atoms with Gasteiger partial charge < -0.3 is 25.4 Å². The van der Waals surface area contributed by atoms with Crippen LogP contribution in [0.15, 0.2) is 18.3 Å². The number of nitrogen functional groups attached to an aromatic ring is 1. The normalized spacial score (nSPS) is 24.9. The molecule has 2 saturated heterocycles. The zero-order valence-electron chi connectivity index (χ0n) is 17.1. The Balaban J connectivity index is 1.42. The van der Waals surface area contributed by atoms with Gasteiger partial charge in [-0.25, -0.2) is 15.0 Å². The van der Waals surface area contributed by atoms with E-state index in [-0.39, 0.29) is 18.2 Å². The van der Waals surface area contributed by atoms with Gasteiger partial charge in [0.25, 0.3) is 0 Å². The van der Waals surface area contributed by atoms with E-state index in [0.717, 1.165) is 51.3 Å². The number of halogens is 2. The van der Waals surface area contributed by atoms with Crippen molar-refractivity contribution in [3.8, 4) is 17.0 Å². The Labute approximate surface area is 179 Å². The number of anilines is 2. The summed E-state index contributed by atoms with van der Waals surface area (Å²) < 4.78 is 30.0. The van der Waals surface area contributed by atoms with Crippen molar-refractivity contribution in [3.05, 3.63) is 24.0 Å². The summed E-state index contributed by atoms with van der Waals surface area (Å²) in [4.78, 5) is 18.1. The van der Waals surface area contributed by atoms with Gasteiger partial charge in [-0.2, -0.15) is 8.78 Å². The monoisotopic (exact) mass is 432 g/mol. The number of rotatable bonds is 8. The van der Waals surface area contributed by atoms with Gasteiger partial charge in [0.05, 0.1) is 11.4 Å². The predicted molar refractivity (Wildman–Crippen MR) is 111 cm³/mol. The fourth-order valence-corrected chi connectivity index (χ4v) is 4.74. The molecule has 2 aromatic rings. The Bertz CT molecular complexity index is 945. The standard InChI is InChI=1S/C21H26F2N6O2/c22-20(23)31-17-7-12(9-25-19(17)24)15-8-16(27-21(26-15)29-4-1-5-29)18-13-10-28(3-2-6-30)11-14(13)18/h7-9,13-14,18,20,30H,1-6,10-11H2,(H2,24,25)/t13-,14+,18+. The van der Waals surface area contributed by atoms with Crippen molar-refractivity contribution in [2.24, 2.45) is 11.8 Å². The predicted octanol–water partition coefficient (Wildman–Crippen LogP) is 1.96. The van der Waals surface area contributed by atoms with Crippen LogP contribution in [0.2, 0.25) is 0 Å². The first-order valence-electron chi connectivity index (χ1n) is 10.7. The molecule has 3 N–H and O–H groups in total. The number of aliphatic hydroxyl groups is 1. The third-order valence-electron chi connectivity index (χ3n) is 6.51. The highest BCUT2D eigenvalue weighted by Crippen LogP contribution is 2.58. The first-order valence-corrected chi connectivity index (χ1v) is 10.7. The minimum absolute atomic E-state index is 0.0824. The fourth-order valence-electron chi connectivity index (χ4n) is 4.74. The van der Waals surface area contributed by atoms with Crippen LogP contribution in [-0.2, 0) is 0 Å². The Hall–Kier alpha value is -2.59. The van der Waals surface area contributed by atoms with E-state index in [1.54, 1.807) is 0 Å². The summed E-state index contributed by atoms with van der Waals surface area (Å²) in [6, 6.07) is 3.41. The van der Waals surface area contributed by atoms with Crippen molar-refractivity contribution in [2.45, 2.75) is 25.4 Å². The number of fused-ring (bicyclic) bond motifs is 1. The summed E-state index contributed by atoms with van der Waals surface area (Å²) in [5.41, 5.74) is 7.90. The third kappa shape index (κ3) is 4.01. The van der Waals surface area contributed by atoms with Crippen molar-refractivity contribution < 1.29 is 18.6 Å². The molecule has 166 valence electrons. The van der Waals surface area contributed by atoms with Crippen LogP contribution < -0.4 is 15.4 Å². The van der Waals surface area contributed by atoms with Crippen molar-refractivity contribution in [1.29, 1.82) is 0 Å². The topological polar surface area (TPSA) is 101 Å². The molecule has 0 aromatic carbocycles. The molecular weight excluding hydrogens is 406 g/mol. The number of piperidine rings is 1. The maximum atomic E-state index is 12.7. The molecular formula is C21H26F2N6O2. The van der Waals surface area contributed by atoms with Crippen LogP contribution in [0.25, 0.3) is 11.3 Å². The number of aliphatic hydroxyl groups excluding tert-OH is 1. The Morgan fingerprint density at radius 1 is 1.19 bits per heavy atom. The van der Waals surface area contributed by atoms with Crippen molar-refractivity contribution in [3.63, 3.8) is 0 Å². The number of likely N-dealkylation sites (tertiary alicyclic amines) is 1. The second kappa shape index (κ2) is 8.16. The summed E-state index contributed by atoms with van der Waals surface area (Å²) in [6.45, 7) is 2.03. The quantitative estimate of drug-likeness (QED) is 0.653. The Kier molecular flexibility index (Phi) is 5.35. The first-order chi connectivity index (χ1) is 15.0. The van der Waals surface area contributed by atoms with Crippen LogP contribution >= 0.6 is 0 Å². The van der Waals surface area contributed by atoms with Crippen LogP contribution in [0.3, 0.4) is 0 Å². The van der Waals surface area contributed by atoms with E-state index in [1.165, 1.54) is 12.3 Å². The van der Waals surface area contributed by atoms with Gasteiger partial charge in [-0.1, -0.05) is 0 Å². The molecule has 10 heteroatoms. The van der Waals surface area contributed by atoms with E-state index in [9.17, 15) is 8.78 Å². The molecule has 1 saturated carbocycles. The van der Waals surface area contributed by atoms with E-state index >= 15 is 0 Å². The summed E-state index contributed by atoms with van der Waals surface area (Å²) in [5.74, 6) is 1.95. The highest BCUT2D eigenvalue weighted by atomic mass is 19.3. The summed E-state index contributed by atoms with van der Waals surface area (Å²) in [7, 11) is 0. The molecule has 0 radical (unpaired) electrons. The van der Waals surface area contributed by atoms with Gasteiger partial charge in [0.15, 0.2) is 11.6 Å². The van der Waals surface area contributed by atoms with Gasteiger partial charge in [-0.3, -0.25) is 0 Å². The van der Waals surface area contributed by atoms with E-state index < -0.39 is 6.61 Å². The van der Waals surface area contributed by atoms with Gasteiger partial charge in [0.1, 0.15) is 0 Å². The van der Waals surface area contributed by atoms with E-state index in [0.29, 0.717) is 35.0 Å². The van der Waals surface area contributed by atoms with Crippen LogP contribution in [0.1, 0.15) is 24.5 Å². The van der Waals surface area contributed by atoms with Gasteiger partial charge in [-0.05, 0) is 36.8 Å². The van der Waals surface area contributed by atoms with Crippen molar-refractivity contribution >= 4 is 11.8 Å². The molecule has 0 unspecified atom stereocenters. The largest absolute Gasteiger partial charge is 0.431 e. The number of nitrogens with two attached hydrogens (primary N) is 1. The average molecular weight is 432 g/mol. The summed E-state index contributed by atoms with van der Waals surface area (Å²) in [5, 5.41) is 9.06. The van der Waals surface area contributed by atoms with Crippen molar-refractivity contribution in [2.75, 3.05) is 50.0 Å². The molecule has 1 aliphatic carbocycles. The zero-order chi connectivity index (χ0) is 21.5. The molecule has 3 aliphatic rings. The fraction of sp³-hybridized carbons (Fsp3) is 0.571. The van der Waals surface area contributed by atoms with Crippen LogP contribution in [0, 0.1) is 11.8 Å². The van der Waals surface area contributed by atoms with E-state index in [2.05, 4.69) is 24.5 Å². The Morgan fingerprint density at radius 3 is 2.61 bits per heavy atom. The maximum absolute atomic E-state index is 12.7. The lowest BCUT2D eigenvalue weighted by Gasteiger charge is -2.31. The minimum Gasteiger partial charge on any atom is -0.431 e. The second-order valence-electron chi connectivity index (χ2n) is 8.49. The minimum atomic E-state index is -2.98. The number of hydrogen-bond acceptors (Lipinski definition) is 8. The molecule has 3 fully saturated rings. The van der Waals surface area contributed by atoms with Crippen LogP contribution in [-0.4, -0.2) is 70.9 Å². The SMILES string of the molecule is Nc1ncc(-c2cc([C@H]3[C@@H]4CN(CCCO)C[C@@H]43)nc(N3CCC3)n2)cc1OC(F)F. The highest BCUT2D eigenvalue weighted by molar-refractivity contribution is 5.65. The Morgan fingerprint density at radius 2 is 1.97 bits per heavy atom. The number of hydrogen-bond donors (Lipinski definition) is 2. The highest BCUT2D eigenvalue weighted by Gasteiger charge is 2.56. The molecule has 4 heterocycles. The van der Waals surface area contributed by atoms with E-state index in [1.807, 2.05) is 6.07 Å². The lowest BCUT2D eigenvalue weighted by molar-refractivity contribution is -0.0494. The number of nitrogens with zero attached hydrogens (tertiary/aromatic N) is 5. The molecule has 3 atom stereocenters. The first kappa shape index (κ1) is 20.3. The van der Waals surface area contributed by atoms with Crippen LogP contribution in [0.4, 0.5) is 20.5 Å². The van der Waals surface area contributed by atoms with Crippen molar-refractivity contribution in [1.82, 2.24) is 19.9 Å². The van der Waals surface area contributed by atoms with Crippen LogP contribution in [0.5, 0.6) is 5.75 Å². The molecule has 31 heavy (non-hydrogen) atoms.